The molecule has 0 bridgehead atoms. The Bertz CT molecular complexity index is 554. The van der Waals surface area contributed by atoms with E-state index >= 15 is 0 Å². The van der Waals surface area contributed by atoms with Crippen LogP contribution in [0.4, 0.5) is 5.69 Å². The number of benzene rings is 1. The quantitative estimate of drug-likeness (QED) is 0.650. The fraction of sp³-hybridized carbons (Fsp3) is 0.471. The van der Waals surface area contributed by atoms with Crippen LogP contribution in [-0.4, -0.2) is 11.0 Å². The van der Waals surface area contributed by atoms with Crippen molar-refractivity contribution in [3.05, 3.63) is 34.9 Å². The lowest BCUT2D eigenvalue weighted by atomic mass is 10.1. The second-order valence-corrected chi connectivity index (χ2v) is 6.34. The maximum absolute atomic E-state index is 4.53. The number of pyridine rings is 1. The summed E-state index contributed by atoms with van der Waals surface area (Å²) < 4.78 is 1.02. The van der Waals surface area contributed by atoms with Crippen LogP contribution in [0.25, 0.3) is 10.9 Å². The number of hydrogen-bond donors (Lipinski definition) is 1. The first-order chi connectivity index (χ1) is 9.70. The standard InChI is InChI=1S/C17H23BrN2/c1-3-4-5-6-8-13(2)20-16-10-7-9-14-11-15(18)12-19-17(14)16/h7,9-13,20H,3-6,8H2,1-2H3. The van der Waals surface area contributed by atoms with Gasteiger partial charge in [0.1, 0.15) is 0 Å². The van der Waals surface area contributed by atoms with Crippen molar-refractivity contribution in [2.24, 2.45) is 0 Å². The molecular weight excluding hydrogens is 312 g/mol. The van der Waals surface area contributed by atoms with Gasteiger partial charge in [0.2, 0.25) is 0 Å². The lowest BCUT2D eigenvalue weighted by molar-refractivity contribution is 0.594. The maximum atomic E-state index is 4.53. The van der Waals surface area contributed by atoms with Gasteiger partial charge in [-0.1, -0.05) is 44.7 Å². The molecule has 0 spiro atoms. The molecule has 0 fully saturated rings. The number of fused-ring (bicyclic) bond motifs is 1. The van der Waals surface area contributed by atoms with Crippen molar-refractivity contribution < 1.29 is 0 Å². The summed E-state index contributed by atoms with van der Waals surface area (Å²) in [6.45, 7) is 4.51. The summed E-state index contributed by atoms with van der Waals surface area (Å²) in [7, 11) is 0. The zero-order chi connectivity index (χ0) is 14.4. The summed E-state index contributed by atoms with van der Waals surface area (Å²) in [6.07, 6.45) is 8.35. The topological polar surface area (TPSA) is 24.9 Å². The van der Waals surface area contributed by atoms with E-state index in [-0.39, 0.29) is 0 Å². The van der Waals surface area contributed by atoms with E-state index in [4.69, 9.17) is 0 Å². The Hall–Kier alpha value is -1.09. The van der Waals surface area contributed by atoms with E-state index < -0.39 is 0 Å². The molecule has 1 aromatic carbocycles. The van der Waals surface area contributed by atoms with Crippen LogP contribution >= 0.6 is 15.9 Å². The molecule has 3 heteroatoms. The van der Waals surface area contributed by atoms with Crippen LogP contribution in [-0.2, 0) is 0 Å². The summed E-state index contributed by atoms with van der Waals surface area (Å²) >= 11 is 3.47. The van der Waals surface area contributed by atoms with Crippen molar-refractivity contribution in [3.8, 4) is 0 Å². The molecule has 1 N–H and O–H groups in total. The molecule has 108 valence electrons. The summed E-state index contributed by atoms with van der Waals surface area (Å²) in [5.41, 5.74) is 2.19. The van der Waals surface area contributed by atoms with E-state index in [1.165, 1.54) is 37.5 Å². The second-order valence-electron chi connectivity index (χ2n) is 5.43. The Morgan fingerprint density at radius 2 is 2.10 bits per heavy atom. The highest BCUT2D eigenvalue weighted by molar-refractivity contribution is 9.10. The second kappa shape index (κ2) is 7.63. The predicted molar refractivity (Wildman–Crippen MR) is 91.3 cm³/mol. The third-order valence-corrected chi connectivity index (χ3v) is 4.00. The average Bonchev–Trinajstić information content (AvgIpc) is 2.43. The predicted octanol–water partition coefficient (Wildman–Crippen LogP) is 5.77. The van der Waals surface area contributed by atoms with Crippen LogP contribution in [0.5, 0.6) is 0 Å². The molecule has 2 aromatic rings. The maximum Gasteiger partial charge on any atom is 0.0934 e. The molecule has 20 heavy (non-hydrogen) atoms. The summed E-state index contributed by atoms with van der Waals surface area (Å²) in [5, 5.41) is 4.77. The largest absolute Gasteiger partial charge is 0.381 e. The monoisotopic (exact) mass is 334 g/mol. The zero-order valence-electron chi connectivity index (χ0n) is 12.3. The number of hydrogen-bond acceptors (Lipinski definition) is 2. The highest BCUT2D eigenvalue weighted by Gasteiger charge is 2.06. The molecular formula is C17H23BrN2. The van der Waals surface area contributed by atoms with Gasteiger partial charge in [0.05, 0.1) is 11.2 Å². The summed E-state index contributed by atoms with van der Waals surface area (Å²) in [4.78, 5) is 4.53. The highest BCUT2D eigenvalue weighted by atomic mass is 79.9. The van der Waals surface area contributed by atoms with E-state index in [0.717, 1.165) is 15.7 Å². The van der Waals surface area contributed by atoms with Gasteiger partial charge in [-0.2, -0.15) is 0 Å². The highest BCUT2D eigenvalue weighted by Crippen LogP contribution is 2.25. The van der Waals surface area contributed by atoms with Crippen LogP contribution < -0.4 is 5.32 Å². The van der Waals surface area contributed by atoms with Crippen LogP contribution in [0.3, 0.4) is 0 Å². The zero-order valence-corrected chi connectivity index (χ0v) is 13.9. The Kier molecular flexibility index (Phi) is 5.84. The molecule has 0 saturated carbocycles. The number of halogens is 1. The SMILES string of the molecule is CCCCCCC(C)Nc1cccc2cc(Br)cnc12. The van der Waals surface area contributed by atoms with Crippen LogP contribution in [0, 0.1) is 0 Å². The lowest BCUT2D eigenvalue weighted by Gasteiger charge is -2.16. The molecule has 1 atom stereocenters. The third kappa shape index (κ3) is 4.20. The van der Waals surface area contributed by atoms with E-state index in [1.807, 2.05) is 6.20 Å². The number of nitrogens with one attached hydrogen (secondary N) is 1. The normalized spacial score (nSPS) is 12.6. The van der Waals surface area contributed by atoms with Gasteiger partial charge in [0.25, 0.3) is 0 Å². The van der Waals surface area contributed by atoms with Gasteiger partial charge in [-0.15, -0.1) is 0 Å². The van der Waals surface area contributed by atoms with Gasteiger partial charge >= 0.3 is 0 Å². The van der Waals surface area contributed by atoms with Crippen LogP contribution in [0.15, 0.2) is 34.9 Å². The lowest BCUT2D eigenvalue weighted by Crippen LogP contribution is -2.15. The number of para-hydroxylation sites is 1. The van der Waals surface area contributed by atoms with E-state index in [0.29, 0.717) is 6.04 Å². The van der Waals surface area contributed by atoms with Gasteiger partial charge in [-0.25, -0.2) is 0 Å². The molecule has 0 amide bonds. The van der Waals surface area contributed by atoms with Crippen molar-refractivity contribution in [2.45, 2.75) is 52.0 Å². The molecule has 1 aromatic heterocycles. The molecule has 0 saturated heterocycles. The van der Waals surface area contributed by atoms with Gasteiger partial charge in [0, 0.05) is 22.1 Å². The number of anilines is 1. The van der Waals surface area contributed by atoms with Gasteiger partial charge < -0.3 is 5.32 Å². The number of rotatable bonds is 7. The smallest absolute Gasteiger partial charge is 0.0934 e. The average molecular weight is 335 g/mol. The van der Waals surface area contributed by atoms with E-state index in [2.05, 4.69) is 64.3 Å². The first-order valence-corrected chi connectivity index (χ1v) is 8.31. The molecule has 0 aliphatic heterocycles. The van der Waals surface area contributed by atoms with Crippen LogP contribution in [0.1, 0.15) is 46.0 Å². The Balaban J connectivity index is 2.02. The van der Waals surface area contributed by atoms with Gasteiger partial charge in [-0.3, -0.25) is 4.98 Å². The Labute approximate surface area is 130 Å². The van der Waals surface area contributed by atoms with E-state index in [1.54, 1.807) is 0 Å². The Morgan fingerprint density at radius 1 is 1.25 bits per heavy atom. The third-order valence-electron chi connectivity index (χ3n) is 3.57. The molecule has 1 unspecified atom stereocenters. The molecule has 1 heterocycles. The number of nitrogens with zero attached hydrogens (tertiary/aromatic N) is 1. The van der Waals surface area contributed by atoms with Crippen molar-refractivity contribution in [1.29, 1.82) is 0 Å². The van der Waals surface area contributed by atoms with Crippen molar-refractivity contribution >= 4 is 32.5 Å². The first-order valence-electron chi connectivity index (χ1n) is 7.51. The molecule has 2 nitrogen and oxygen atoms in total. The van der Waals surface area contributed by atoms with E-state index in [9.17, 15) is 0 Å². The number of unbranched alkanes of at least 4 members (excludes halogenated alkanes) is 3. The summed E-state index contributed by atoms with van der Waals surface area (Å²) in [6, 6.07) is 8.90. The van der Waals surface area contributed by atoms with Gasteiger partial charge in [0.15, 0.2) is 0 Å². The van der Waals surface area contributed by atoms with Crippen molar-refractivity contribution in [1.82, 2.24) is 4.98 Å². The van der Waals surface area contributed by atoms with Gasteiger partial charge in [-0.05, 0) is 41.4 Å². The molecule has 0 aliphatic carbocycles. The van der Waals surface area contributed by atoms with Crippen molar-refractivity contribution in [3.63, 3.8) is 0 Å². The van der Waals surface area contributed by atoms with Crippen molar-refractivity contribution in [2.75, 3.05) is 5.32 Å². The minimum atomic E-state index is 0.489. The fourth-order valence-corrected chi connectivity index (χ4v) is 2.81. The molecule has 2 rings (SSSR count). The molecule has 0 radical (unpaired) electrons. The first kappa shape index (κ1) is 15.3. The van der Waals surface area contributed by atoms with Crippen LogP contribution in [0.2, 0.25) is 0 Å². The summed E-state index contributed by atoms with van der Waals surface area (Å²) in [5.74, 6) is 0. The fourth-order valence-electron chi connectivity index (χ4n) is 2.47. The number of aromatic nitrogens is 1. The minimum absolute atomic E-state index is 0.489. The molecule has 0 aliphatic rings. The minimum Gasteiger partial charge on any atom is -0.381 e. The Morgan fingerprint density at radius 3 is 2.90 bits per heavy atom.